The molecule has 1 fully saturated rings. The van der Waals surface area contributed by atoms with Crippen molar-refractivity contribution in [2.75, 3.05) is 19.7 Å². The van der Waals surface area contributed by atoms with Crippen LogP contribution >= 0.6 is 0 Å². The van der Waals surface area contributed by atoms with Crippen LogP contribution < -0.4 is 11.3 Å². The Bertz CT molecular complexity index is 407. The van der Waals surface area contributed by atoms with E-state index in [1.165, 1.54) is 0 Å². The highest BCUT2D eigenvalue weighted by Gasteiger charge is 2.21. The van der Waals surface area contributed by atoms with Crippen molar-refractivity contribution in [3.05, 3.63) is 17.5 Å². The van der Waals surface area contributed by atoms with Crippen LogP contribution in [0, 0.1) is 0 Å². The number of nitrogens with zero attached hydrogens (tertiary/aromatic N) is 2. The van der Waals surface area contributed by atoms with E-state index in [0.29, 0.717) is 12.3 Å². The van der Waals surface area contributed by atoms with Crippen molar-refractivity contribution in [1.82, 2.24) is 15.5 Å². The Morgan fingerprint density at radius 2 is 2.56 bits per heavy atom. The third-order valence-electron chi connectivity index (χ3n) is 2.98. The first kappa shape index (κ1) is 13.0. The first-order valence-corrected chi connectivity index (χ1v) is 6.03. The summed E-state index contributed by atoms with van der Waals surface area (Å²) < 4.78 is 10.7. The van der Waals surface area contributed by atoms with E-state index in [9.17, 15) is 4.79 Å². The second kappa shape index (κ2) is 5.94. The molecule has 1 aliphatic heterocycles. The first-order valence-electron chi connectivity index (χ1n) is 6.03. The van der Waals surface area contributed by atoms with Gasteiger partial charge in [0.1, 0.15) is 0 Å². The number of nitrogen functional groups attached to an aromatic ring is 1. The van der Waals surface area contributed by atoms with Crippen LogP contribution in [0.3, 0.4) is 0 Å². The second-order valence-electron chi connectivity index (χ2n) is 4.29. The van der Waals surface area contributed by atoms with Crippen molar-refractivity contribution >= 4 is 5.91 Å². The van der Waals surface area contributed by atoms with Crippen molar-refractivity contribution in [1.29, 1.82) is 0 Å². The molecule has 2 heterocycles. The first-order chi connectivity index (χ1) is 8.72. The molecule has 1 saturated heterocycles. The van der Waals surface area contributed by atoms with Crippen molar-refractivity contribution < 1.29 is 14.1 Å². The average molecular weight is 254 g/mol. The minimum absolute atomic E-state index is 0.202. The van der Waals surface area contributed by atoms with E-state index in [1.54, 1.807) is 6.07 Å². The van der Waals surface area contributed by atoms with Crippen molar-refractivity contribution in [2.24, 2.45) is 5.84 Å². The van der Waals surface area contributed by atoms with Gasteiger partial charge < -0.3 is 9.26 Å². The molecule has 1 aromatic heterocycles. The van der Waals surface area contributed by atoms with E-state index < -0.39 is 5.91 Å². The summed E-state index contributed by atoms with van der Waals surface area (Å²) in [5, 5.41) is 3.67. The summed E-state index contributed by atoms with van der Waals surface area (Å²) in [5.74, 6) is 5.24. The Kier molecular flexibility index (Phi) is 4.29. The summed E-state index contributed by atoms with van der Waals surface area (Å²) >= 11 is 0. The maximum atomic E-state index is 11.2. The van der Waals surface area contributed by atoms with Gasteiger partial charge in [-0.15, -0.1) is 0 Å². The van der Waals surface area contributed by atoms with Crippen LogP contribution in [0.1, 0.15) is 29.6 Å². The molecule has 1 amide bonds. The molecule has 0 aliphatic carbocycles. The summed E-state index contributed by atoms with van der Waals surface area (Å²) in [4.78, 5) is 13.4. The van der Waals surface area contributed by atoms with Gasteiger partial charge >= 0.3 is 0 Å². The van der Waals surface area contributed by atoms with E-state index in [0.717, 1.165) is 26.1 Å². The third kappa shape index (κ3) is 3.06. The number of aromatic nitrogens is 1. The van der Waals surface area contributed by atoms with Crippen LogP contribution in [0.5, 0.6) is 0 Å². The number of hydrazine groups is 1. The molecule has 18 heavy (non-hydrogen) atoms. The highest BCUT2D eigenvalue weighted by Crippen LogP contribution is 2.13. The van der Waals surface area contributed by atoms with E-state index in [2.05, 4.69) is 17.0 Å². The number of morpholine rings is 1. The highest BCUT2D eigenvalue weighted by atomic mass is 16.5. The molecule has 100 valence electrons. The maximum Gasteiger partial charge on any atom is 0.287 e. The third-order valence-corrected chi connectivity index (χ3v) is 2.98. The molecule has 1 atom stereocenters. The Morgan fingerprint density at radius 1 is 1.72 bits per heavy atom. The lowest BCUT2D eigenvalue weighted by Gasteiger charge is -2.31. The number of ether oxygens (including phenoxy) is 1. The molecule has 1 aromatic rings. The van der Waals surface area contributed by atoms with Gasteiger partial charge in [-0.05, 0) is 6.42 Å². The fourth-order valence-corrected chi connectivity index (χ4v) is 1.96. The summed E-state index contributed by atoms with van der Waals surface area (Å²) in [6.07, 6.45) is 1.27. The van der Waals surface area contributed by atoms with E-state index >= 15 is 0 Å². The van der Waals surface area contributed by atoms with Gasteiger partial charge in [-0.3, -0.25) is 15.1 Å². The number of carbonyl (C=O) groups is 1. The minimum atomic E-state index is -0.446. The molecule has 7 heteroatoms. The zero-order valence-electron chi connectivity index (χ0n) is 10.4. The second-order valence-corrected chi connectivity index (χ2v) is 4.29. The van der Waals surface area contributed by atoms with Gasteiger partial charge in [0.2, 0.25) is 0 Å². The van der Waals surface area contributed by atoms with Crippen molar-refractivity contribution in [2.45, 2.75) is 26.0 Å². The summed E-state index contributed by atoms with van der Waals surface area (Å²) in [7, 11) is 0. The number of nitrogens with two attached hydrogens (primary N) is 1. The van der Waals surface area contributed by atoms with Crippen LogP contribution in [0.4, 0.5) is 0 Å². The molecule has 2 rings (SSSR count). The largest absolute Gasteiger partial charge is 0.376 e. The molecule has 0 saturated carbocycles. The monoisotopic (exact) mass is 254 g/mol. The van der Waals surface area contributed by atoms with Gasteiger partial charge in [-0.2, -0.15) is 0 Å². The minimum Gasteiger partial charge on any atom is -0.376 e. The Labute approximate surface area is 105 Å². The molecule has 0 radical (unpaired) electrons. The SMILES string of the molecule is CCC1CN(Cc2cc(C(=O)NN)no2)CCO1. The highest BCUT2D eigenvalue weighted by molar-refractivity contribution is 5.91. The summed E-state index contributed by atoms with van der Waals surface area (Å²) in [6.45, 7) is 5.19. The van der Waals surface area contributed by atoms with E-state index in [4.69, 9.17) is 15.1 Å². The molecule has 0 bridgehead atoms. The lowest BCUT2D eigenvalue weighted by molar-refractivity contribution is -0.0346. The molecule has 1 unspecified atom stereocenters. The molecular weight excluding hydrogens is 236 g/mol. The Hall–Kier alpha value is -1.44. The molecule has 0 aromatic carbocycles. The van der Waals surface area contributed by atoms with Gasteiger partial charge in [-0.25, -0.2) is 5.84 Å². The predicted molar refractivity (Wildman–Crippen MR) is 63.5 cm³/mol. The van der Waals surface area contributed by atoms with E-state index in [1.807, 2.05) is 5.43 Å². The summed E-state index contributed by atoms with van der Waals surface area (Å²) in [5.41, 5.74) is 2.22. The standard InChI is InChI=1S/C11H18N4O3/c1-2-8-6-15(3-4-17-8)7-9-5-10(14-18-9)11(16)13-12/h5,8H,2-4,6-7,12H2,1H3,(H,13,16). The van der Waals surface area contributed by atoms with Gasteiger partial charge in [0.15, 0.2) is 11.5 Å². The van der Waals surface area contributed by atoms with Crippen molar-refractivity contribution in [3.63, 3.8) is 0 Å². The fraction of sp³-hybridized carbons (Fsp3) is 0.636. The predicted octanol–water partition coefficient (Wildman–Crippen LogP) is -0.111. The number of nitrogens with one attached hydrogen (secondary N) is 1. The van der Waals surface area contributed by atoms with Crippen LogP contribution in [0.15, 0.2) is 10.6 Å². The maximum absolute atomic E-state index is 11.2. The number of hydrogen-bond donors (Lipinski definition) is 2. The van der Waals surface area contributed by atoms with Gasteiger partial charge in [0.05, 0.1) is 19.3 Å². The van der Waals surface area contributed by atoms with Crippen LogP contribution in [0.25, 0.3) is 0 Å². The molecule has 0 spiro atoms. The quantitative estimate of drug-likeness (QED) is 0.442. The fourth-order valence-electron chi connectivity index (χ4n) is 1.96. The van der Waals surface area contributed by atoms with Gasteiger partial charge in [0, 0.05) is 19.2 Å². The number of amides is 1. The van der Waals surface area contributed by atoms with E-state index in [-0.39, 0.29) is 11.8 Å². The normalized spacial score (nSPS) is 20.9. The lowest BCUT2D eigenvalue weighted by atomic mass is 10.2. The lowest BCUT2D eigenvalue weighted by Crippen LogP contribution is -2.41. The van der Waals surface area contributed by atoms with Gasteiger partial charge in [0.25, 0.3) is 5.91 Å². The zero-order valence-corrected chi connectivity index (χ0v) is 10.4. The Balaban J connectivity index is 1.92. The topological polar surface area (TPSA) is 93.6 Å². The van der Waals surface area contributed by atoms with Crippen LogP contribution in [-0.2, 0) is 11.3 Å². The Morgan fingerprint density at radius 3 is 3.28 bits per heavy atom. The number of hydrogen-bond acceptors (Lipinski definition) is 6. The van der Waals surface area contributed by atoms with Crippen LogP contribution in [0.2, 0.25) is 0 Å². The molecule has 7 nitrogen and oxygen atoms in total. The molecular formula is C11H18N4O3. The van der Waals surface area contributed by atoms with Gasteiger partial charge in [-0.1, -0.05) is 12.1 Å². The number of carbonyl (C=O) groups excluding carboxylic acids is 1. The number of rotatable bonds is 4. The molecule has 3 N–H and O–H groups in total. The zero-order chi connectivity index (χ0) is 13.0. The van der Waals surface area contributed by atoms with Crippen molar-refractivity contribution in [3.8, 4) is 0 Å². The smallest absolute Gasteiger partial charge is 0.287 e. The average Bonchev–Trinajstić information content (AvgIpc) is 2.86. The van der Waals surface area contributed by atoms with Crippen LogP contribution in [-0.4, -0.2) is 41.8 Å². The summed E-state index contributed by atoms with van der Waals surface area (Å²) in [6, 6.07) is 1.61. The molecule has 1 aliphatic rings.